The zero-order valence-electron chi connectivity index (χ0n) is 8.46. The molecule has 3 heteroatoms. The standard InChI is InChI=1S/C11H15ClOS/c1-11(2,13)8-14-7-9-4-3-5-10(12)6-9/h3-6,13H,7-8H2,1-2H3. The van der Waals surface area contributed by atoms with Crippen LogP contribution in [-0.2, 0) is 5.75 Å². The number of halogens is 1. The quantitative estimate of drug-likeness (QED) is 0.856. The molecule has 78 valence electrons. The van der Waals surface area contributed by atoms with Crippen LogP contribution in [0, 0.1) is 0 Å². The number of hydrogen-bond donors (Lipinski definition) is 1. The fourth-order valence-electron chi connectivity index (χ4n) is 1.05. The average Bonchev–Trinajstić information content (AvgIpc) is 2.01. The third kappa shape index (κ3) is 4.89. The Kier molecular flexibility index (Phi) is 4.30. The molecule has 14 heavy (non-hydrogen) atoms. The van der Waals surface area contributed by atoms with Crippen LogP contribution < -0.4 is 0 Å². The third-order valence-corrected chi connectivity index (χ3v) is 3.30. The van der Waals surface area contributed by atoms with Crippen molar-refractivity contribution < 1.29 is 5.11 Å². The fourth-order valence-corrected chi connectivity index (χ4v) is 2.28. The molecule has 0 spiro atoms. The lowest BCUT2D eigenvalue weighted by Gasteiger charge is -2.15. The molecule has 0 radical (unpaired) electrons. The first-order valence-electron chi connectivity index (χ1n) is 4.52. The second kappa shape index (κ2) is 5.06. The molecule has 0 heterocycles. The second-order valence-electron chi connectivity index (χ2n) is 3.94. The molecule has 0 fully saturated rings. The maximum absolute atomic E-state index is 9.50. The molecular formula is C11H15ClOS. The molecule has 0 unspecified atom stereocenters. The summed E-state index contributed by atoms with van der Waals surface area (Å²) >= 11 is 7.57. The zero-order valence-corrected chi connectivity index (χ0v) is 10.0. The van der Waals surface area contributed by atoms with Crippen LogP contribution in [0.15, 0.2) is 24.3 Å². The maximum Gasteiger partial charge on any atom is 0.0681 e. The molecule has 0 aromatic heterocycles. The van der Waals surface area contributed by atoms with Crippen molar-refractivity contribution in [1.29, 1.82) is 0 Å². The van der Waals surface area contributed by atoms with E-state index in [9.17, 15) is 5.11 Å². The van der Waals surface area contributed by atoms with Crippen LogP contribution in [0.1, 0.15) is 19.4 Å². The van der Waals surface area contributed by atoms with Gasteiger partial charge in [0, 0.05) is 16.5 Å². The Hall–Kier alpha value is -0.180. The van der Waals surface area contributed by atoms with Gasteiger partial charge in [0.05, 0.1) is 5.60 Å². The summed E-state index contributed by atoms with van der Waals surface area (Å²) in [5.41, 5.74) is 0.607. The lowest BCUT2D eigenvalue weighted by molar-refractivity contribution is 0.107. The van der Waals surface area contributed by atoms with Gasteiger partial charge in [-0.05, 0) is 31.5 Å². The molecule has 1 N–H and O–H groups in total. The van der Waals surface area contributed by atoms with Crippen molar-refractivity contribution in [1.82, 2.24) is 0 Å². The molecule has 0 aliphatic heterocycles. The average molecular weight is 231 g/mol. The fraction of sp³-hybridized carbons (Fsp3) is 0.455. The van der Waals surface area contributed by atoms with Gasteiger partial charge < -0.3 is 5.11 Å². The highest BCUT2D eigenvalue weighted by atomic mass is 35.5. The van der Waals surface area contributed by atoms with E-state index in [1.54, 1.807) is 11.8 Å². The van der Waals surface area contributed by atoms with Crippen LogP contribution in [0.5, 0.6) is 0 Å². The minimum Gasteiger partial charge on any atom is -0.390 e. The molecule has 0 saturated carbocycles. The van der Waals surface area contributed by atoms with Crippen LogP contribution in [0.3, 0.4) is 0 Å². The molecule has 0 atom stereocenters. The molecule has 1 nitrogen and oxygen atoms in total. The van der Waals surface area contributed by atoms with Gasteiger partial charge in [0.25, 0.3) is 0 Å². The van der Waals surface area contributed by atoms with Crippen molar-refractivity contribution in [3.8, 4) is 0 Å². The van der Waals surface area contributed by atoms with Gasteiger partial charge in [0.1, 0.15) is 0 Å². The Labute approximate surface area is 94.5 Å². The molecule has 0 bridgehead atoms. The van der Waals surface area contributed by atoms with E-state index in [4.69, 9.17) is 11.6 Å². The van der Waals surface area contributed by atoms with Crippen LogP contribution in [0.25, 0.3) is 0 Å². The summed E-state index contributed by atoms with van der Waals surface area (Å²) in [5.74, 6) is 1.63. The van der Waals surface area contributed by atoms with E-state index in [2.05, 4.69) is 0 Å². The number of aliphatic hydroxyl groups is 1. The Balaban J connectivity index is 2.39. The van der Waals surface area contributed by atoms with E-state index in [-0.39, 0.29) is 0 Å². The summed E-state index contributed by atoms with van der Waals surface area (Å²) in [6.07, 6.45) is 0. The van der Waals surface area contributed by atoms with Crippen molar-refractivity contribution in [3.05, 3.63) is 34.9 Å². The van der Waals surface area contributed by atoms with Gasteiger partial charge in [0.2, 0.25) is 0 Å². The summed E-state index contributed by atoms with van der Waals surface area (Å²) in [4.78, 5) is 0. The maximum atomic E-state index is 9.50. The van der Waals surface area contributed by atoms with Crippen molar-refractivity contribution in [2.45, 2.75) is 25.2 Å². The van der Waals surface area contributed by atoms with Gasteiger partial charge in [-0.2, -0.15) is 11.8 Å². The highest BCUT2D eigenvalue weighted by molar-refractivity contribution is 7.98. The summed E-state index contributed by atoms with van der Waals surface area (Å²) in [7, 11) is 0. The Morgan fingerprint density at radius 1 is 1.43 bits per heavy atom. The minimum atomic E-state index is -0.594. The van der Waals surface area contributed by atoms with Crippen LogP contribution in [-0.4, -0.2) is 16.5 Å². The summed E-state index contributed by atoms with van der Waals surface area (Å²) in [6.45, 7) is 3.63. The minimum absolute atomic E-state index is 0.594. The molecule has 0 amide bonds. The highest BCUT2D eigenvalue weighted by Crippen LogP contribution is 2.19. The normalized spacial score (nSPS) is 11.7. The number of rotatable bonds is 4. The van der Waals surface area contributed by atoms with E-state index in [0.717, 1.165) is 16.5 Å². The van der Waals surface area contributed by atoms with E-state index < -0.39 is 5.60 Å². The van der Waals surface area contributed by atoms with Crippen molar-refractivity contribution >= 4 is 23.4 Å². The van der Waals surface area contributed by atoms with Crippen molar-refractivity contribution in [2.24, 2.45) is 0 Å². The van der Waals surface area contributed by atoms with Gasteiger partial charge in [-0.1, -0.05) is 23.7 Å². The predicted molar refractivity (Wildman–Crippen MR) is 63.9 cm³/mol. The van der Waals surface area contributed by atoms with Gasteiger partial charge in [-0.3, -0.25) is 0 Å². The Morgan fingerprint density at radius 2 is 2.14 bits per heavy atom. The smallest absolute Gasteiger partial charge is 0.0681 e. The van der Waals surface area contributed by atoms with Gasteiger partial charge in [0.15, 0.2) is 0 Å². The van der Waals surface area contributed by atoms with Crippen molar-refractivity contribution in [2.75, 3.05) is 5.75 Å². The lowest BCUT2D eigenvalue weighted by Crippen LogP contribution is -2.21. The Morgan fingerprint density at radius 3 is 2.71 bits per heavy atom. The molecule has 0 aliphatic rings. The molecule has 0 aliphatic carbocycles. The molecule has 1 aromatic carbocycles. The molecule has 1 aromatic rings. The zero-order chi connectivity index (χ0) is 10.6. The lowest BCUT2D eigenvalue weighted by atomic mass is 10.2. The van der Waals surface area contributed by atoms with E-state index in [1.165, 1.54) is 5.56 Å². The molecule has 0 saturated heterocycles. The SMILES string of the molecule is CC(C)(O)CSCc1cccc(Cl)c1. The van der Waals surface area contributed by atoms with Crippen LogP contribution >= 0.6 is 23.4 Å². The predicted octanol–water partition coefficient (Wildman–Crippen LogP) is 3.34. The summed E-state index contributed by atoms with van der Waals surface area (Å²) in [6, 6.07) is 7.82. The van der Waals surface area contributed by atoms with Crippen LogP contribution in [0.4, 0.5) is 0 Å². The first-order chi connectivity index (χ1) is 6.47. The van der Waals surface area contributed by atoms with E-state index >= 15 is 0 Å². The number of hydrogen-bond acceptors (Lipinski definition) is 2. The van der Waals surface area contributed by atoms with Crippen molar-refractivity contribution in [3.63, 3.8) is 0 Å². The first kappa shape index (κ1) is 11.9. The third-order valence-electron chi connectivity index (χ3n) is 1.61. The molecule has 1 rings (SSSR count). The molecular weight excluding hydrogens is 216 g/mol. The highest BCUT2D eigenvalue weighted by Gasteiger charge is 2.11. The number of thioether (sulfide) groups is 1. The van der Waals surface area contributed by atoms with Gasteiger partial charge in [-0.15, -0.1) is 0 Å². The number of benzene rings is 1. The first-order valence-corrected chi connectivity index (χ1v) is 6.05. The largest absolute Gasteiger partial charge is 0.390 e. The van der Waals surface area contributed by atoms with Gasteiger partial charge >= 0.3 is 0 Å². The van der Waals surface area contributed by atoms with E-state index in [0.29, 0.717) is 0 Å². The summed E-state index contributed by atoms with van der Waals surface area (Å²) in [5, 5.41) is 10.3. The monoisotopic (exact) mass is 230 g/mol. The summed E-state index contributed by atoms with van der Waals surface area (Å²) < 4.78 is 0. The Bertz CT molecular complexity index is 294. The van der Waals surface area contributed by atoms with E-state index in [1.807, 2.05) is 38.1 Å². The van der Waals surface area contributed by atoms with Crippen LogP contribution in [0.2, 0.25) is 5.02 Å². The topological polar surface area (TPSA) is 20.2 Å². The van der Waals surface area contributed by atoms with Gasteiger partial charge in [-0.25, -0.2) is 0 Å². The second-order valence-corrected chi connectivity index (χ2v) is 5.36.